The average Bonchev–Trinajstić information content (AvgIpc) is 2.75. The van der Waals surface area contributed by atoms with Crippen molar-refractivity contribution in [2.24, 2.45) is 0 Å². The molecule has 0 saturated carbocycles. The van der Waals surface area contributed by atoms with E-state index in [-0.39, 0.29) is 5.56 Å². The van der Waals surface area contributed by atoms with E-state index >= 15 is 0 Å². The summed E-state index contributed by atoms with van der Waals surface area (Å²) < 4.78 is 2.30. The maximum atomic E-state index is 12.0. The van der Waals surface area contributed by atoms with Crippen LogP contribution >= 0.6 is 23.1 Å². The molecule has 0 saturated heterocycles. The van der Waals surface area contributed by atoms with Gasteiger partial charge in [-0.25, -0.2) is 4.98 Å². The zero-order valence-electron chi connectivity index (χ0n) is 8.64. The smallest absolute Gasteiger partial charge is 0.272 e. The fourth-order valence-electron chi connectivity index (χ4n) is 1.41. The molecule has 4 nitrogen and oxygen atoms in total. The van der Waals surface area contributed by atoms with Gasteiger partial charge < -0.3 is 0 Å². The molecule has 2 rings (SSSR count). The van der Waals surface area contributed by atoms with Crippen LogP contribution in [0.4, 0.5) is 0 Å². The van der Waals surface area contributed by atoms with Crippen molar-refractivity contribution >= 4 is 33.3 Å². The fraction of sp³-hybridized carbons (Fsp3) is 0.300. The van der Waals surface area contributed by atoms with Crippen LogP contribution in [0.3, 0.4) is 0 Å². The SMILES string of the molecule is CCn1c(SCC#N)nc2ccsc2c1=O. The molecule has 2 aromatic heterocycles. The van der Waals surface area contributed by atoms with E-state index in [1.807, 2.05) is 24.4 Å². The second-order valence-electron chi connectivity index (χ2n) is 3.03. The molecule has 0 fully saturated rings. The lowest BCUT2D eigenvalue weighted by Gasteiger charge is -2.07. The van der Waals surface area contributed by atoms with Crippen molar-refractivity contribution in [1.82, 2.24) is 9.55 Å². The highest BCUT2D eigenvalue weighted by atomic mass is 32.2. The first-order valence-electron chi connectivity index (χ1n) is 4.75. The summed E-state index contributed by atoms with van der Waals surface area (Å²) in [6.07, 6.45) is 0. The van der Waals surface area contributed by atoms with Crippen LogP contribution in [0.1, 0.15) is 6.92 Å². The molecule has 0 bridgehead atoms. The topological polar surface area (TPSA) is 58.7 Å². The standard InChI is InChI=1S/C10H9N3OS2/c1-2-13-9(14)8-7(3-5-15-8)12-10(13)16-6-4-11/h3,5H,2,6H2,1H3. The number of nitriles is 1. The number of nitrogens with zero attached hydrogens (tertiary/aromatic N) is 3. The van der Waals surface area contributed by atoms with Crippen LogP contribution in [-0.4, -0.2) is 15.3 Å². The molecule has 0 aliphatic carbocycles. The molecule has 6 heteroatoms. The van der Waals surface area contributed by atoms with E-state index in [1.165, 1.54) is 23.1 Å². The van der Waals surface area contributed by atoms with Gasteiger partial charge in [0.15, 0.2) is 5.16 Å². The predicted molar refractivity (Wildman–Crippen MR) is 65.9 cm³/mol. The Morgan fingerprint density at radius 2 is 2.50 bits per heavy atom. The van der Waals surface area contributed by atoms with E-state index in [0.717, 1.165) is 5.52 Å². The number of aromatic nitrogens is 2. The monoisotopic (exact) mass is 251 g/mol. The van der Waals surface area contributed by atoms with Crippen LogP contribution in [0.2, 0.25) is 0 Å². The molecule has 0 spiro atoms. The highest BCUT2D eigenvalue weighted by Crippen LogP contribution is 2.20. The lowest BCUT2D eigenvalue weighted by atomic mass is 10.5. The third-order valence-corrected chi connectivity index (χ3v) is 3.85. The first-order valence-corrected chi connectivity index (χ1v) is 6.62. The van der Waals surface area contributed by atoms with Crippen molar-refractivity contribution < 1.29 is 0 Å². The molecule has 16 heavy (non-hydrogen) atoms. The normalized spacial score (nSPS) is 10.5. The molecular formula is C10H9N3OS2. The Kier molecular flexibility index (Phi) is 3.27. The maximum absolute atomic E-state index is 12.0. The van der Waals surface area contributed by atoms with Gasteiger partial charge >= 0.3 is 0 Å². The summed E-state index contributed by atoms with van der Waals surface area (Å²) >= 11 is 2.71. The second kappa shape index (κ2) is 4.68. The third kappa shape index (κ3) is 1.84. The lowest BCUT2D eigenvalue weighted by Crippen LogP contribution is -2.21. The van der Waals surface area contributed by atoms with Gasteiger partial charge in [-0.3, -0.25) is 9.36 Å². The molecule has 82 valence electrons. The highest BCUT2D eigenvalue weighted by molar-refractivity contribution is 7.99. The molecule has 0 amide bonds. The minimum atomic E-state index is -0.0112. The molecule has 0 aliphatic heterocycles. The zero-order chi connectivity index (χ0) is 11.5. The van der Waals surface area contributed by atoms with E-state index in [4.69, 9.17) is 5.26 Å². The number of thiophene rings is 1. The van der Waals surface area contributed by atoms with Gasteiger partial charge in [-0.15, -0.1) is 11.3 Å². The predicted octanol–water partition coefficient (Wildman–Crippen LogP) is 2.09. The molecule has 0 radical (unpaired) electrons. The number of fused-ring (bicyclic) bond motifs is 1. The molecule has 2 aromatic rings. The molecule has 0 N–H and O–H groups in total. The summed E-state index contributed by atoms with van der Waals surface area (Å²) in [5.74, 6) is 0.308. The van der Waals surface area contributed by atoms with Gasteiger partial charge in [0.2, 0.25) is 0 Å². The molecule has 0 aliphatic rings. The van der Waals surface area contributed by atoms with Crippen molar-refractivity contribution in [3.63, 3.8) is 0 Å². The van der Waals surface area contributed by atoms with Crippen LogP contribution in [0, 0.1) is 11.3 Å². The van der Waals surface area contributed by atoms with Crippen LogP contribution in [-0.2, 0) is 6.54 Å². The van der Waals surface area contributed by atoms with Gasteiger partial charge in [0.25, 0.3) is 5.56 Å². The minimum Gasteiger partial charge on any atom is -0.287 e. The Morgan fingerprint density at radius 1 is 1.69 bits per heavy atom. The van der Waals surface area contributed by atoms with E-state index in [9.17, 15) is 4.79 Å². The van der Waals surface area contributed by atoms with Gasteiger partial charge in [-0.05, 0) is 18.4 Å². The molecular weight excluding hydrogens is 242 g/mol. The minimum absolute atomic E-state index is 0.0112. The van der Waals surface area contributed by atoms with Crippen molar-refractivity contribution in [3.05, 3.63) is 21.8 Å². The Labute approximate surface area is 101 Å². The van der Waals surface area contributed by atoms with E-state index in [1.54, 1.807) is 4.57 Å². The zero-order valence-corrected chi connectivity index (χ0v) is 10.3. The Hall–Kier alpha value is -1.32. The van der Waals surface area contributed by atoms with Gasteiger partial charge in [0.05, 0.1) is 17.3 Å². The third-order valence-electron chi connectivity index (χ3n) is 2.11. The quantitative estimate of drug-likeness (QED) is 0.619. The van der Waals surface area contributed by atoms with Crippen molar-refractivity contribution in [3.8, 4) is 6.07 Å². The lowest BCUT2D eigenvalue weighted by molar-refractivity contribution is 0.636. The van der Waals surface area contributed by atoms with Crippen LogP contribution in [0.15, 0.2) is 21.4 Å². The summed E-state index contributed by atoms with van der Waals surface area (Å²) in [5.41, 5.74) is 0.711. The van der Waals surface area contributed by atoms with Crippen LogP contribution in [0.5, 0.6) is 0 Å². The van der Waals surface area contributed by atoms with E-state index in [0.29, 0.717) is 22.2 Å². The van der Waals surface area contributed by atoms with Crippen molar-refractivity contribution in [2.75, 3.05) is 5.75 Å². The molecule has 0 unspecified atom stereocenters. The van der Waals surface area contributed by atoms with Crippen LogP contribution in [0.25, 0.3) is 10.2 Å². The van der Waals surface area contributed by atoms with Crippen molar-refractivity contribution in [2.45, 2.75) is 18.6 Å². The van der Waals surface area contributed by atoms with Crippen molar-refractivity contribution in [1.29, 1.82) is 5.26 Å². The van der Waals surface area contributed by atoms with Gasteiger partial charge in [0.1, 0.15) is 4.70 Å². The summed E-state index contributed by atoms with van der Waals surface area (Å²) in [5, 5.41) is 11.0. The van der Waals surface area contributed by atoms with Gasteiger partial charge in [-0.1, -0.05) is 11.8 Å². The average molecular weight is 251 g/mol. The summed E-state index contributed by atoms with van der Waals surface area (Å²) in [4.78, 5) is 16.4. The number of thioether (sulfide) groups is 1. The van der Waals surface area contributed by atoms with E-state index < -0.39 is 0 Å². The Morgan fingerprint density at radius 3 is 3.19 bits per heavy atom. The largest absolute Gasteiger partial charge is 0.287 e. The van der Waals surface area contributed by atoms with Gasteiger partial charge in [0, 0.05) is 6.54 Å². The summed E-state index contributed by atoms with van der Waals surface area (Å²) in [7, 11) is 0. The maximum Gasteiger partial charge on any atom is 0.272 e. The first-order chi connectivity index (χ1) is 7.77. The molecule has 0 atom stereocenters. The number of hydrogen-bond donors (Lipinski definition) is 0. The Balaban J connectivity index is 2.63. The van der Waals surface area contributed by atoms with E-state index in [2.05, 4.69) is 4.98 Å². The molecule has 0 aromatic carbocycles. The number of hydrogen-bond acceptors (Lipinski definition) is 5. The molecule has 2 heterocycles. The Bertz CT molecular complexity index is 609. The van der Waals surface area contributed by atoms with Gasteiger partial charge in [-0.2, -0.15) is 5.26 Å². The summed E-state index contributed by atoms with van der Waals surface area (Å²) in [6.45, 7) is 2.48. The number of rotatable bonds is 3. The van der Waals surface area contributed by atoms with Crippen LogP contribution < -0.4 is 5.56 Å². The second-order valence-corrected chi connectivity index (χ2v) is 4.88. The highest BCUT2D eigenvalue weighted by Gasteiger charge is 2.10. The first kappa shape index (κ1) is 11.2. The summed E-state index contributed by atoms with van der Waals surface area (Å²) in [6, 6.07) is 3.87. The fourth-order valence-corrected chi connectivity index (χ4v) is 2.91.